The molecule has 3 rings (SSSR count). The van der Waals surface area contributed by atoms with E-state index in [-0.39, 0.29) is 16.7 Å². The van der Waals surface area contributed by atoms with Gasteiger partial charge in [-0.3, -0.25) is 4.79 Å². The Morgan fingerprint density at radius 3 is 2.62 bits per heavy atom. The molecule has 2 aliphatic heterocycles. The zero-order valence-corrected chi connectivity index (χ0v) is 15.5. The fraction of sp³-hybridized carbons (Fsp3) is 0.500. The maximum absolute atomic E-state index is 12.9. The molecule has 26 heavy (non-hydrogen) atoms. The first kappa shape index (κ1) is 18.7. The topological polar surface area (TPSA) is 84.9 Å². The van der Waals surface area contributed by atoms with Crippen LogP contribution in [0.15, 0.2) is 35.7 Å². The highest BCUT2D eigenvalue weighted by molar-refractivity contribution is 7.89. The van der Waals surface area contributed by atoms with Crippen molar-refractivity contribution in [3.8, 4) is 11.5 Å². The molecule has 7 nitrogen and oxygen atoms in total. The van der Waals surface area contributed by atoms with Gasteiger partial charge in [0.2, 0.25) is 15.9 Å². The molecular weight excluding hydrogens is 356 g/mol. The van der Waals surface area contributed by atoms with Crippen LogP contribution < -0.4 is 14.8 Å². The Morgan fingerprint density at radius 1 is 1.23 bits per heavy atom. The van der Waals surface area contributed by atoms with Gasteiger partial charge in [0, 0.05) is 38.0 Å². The quantitative estimate of drug-likeness (QED) is 0.784. The van der Waals surface area contributed by atoms with Crippen LogP contribution in [-0.4, -0.2) is 51.5 Å². The second-order valence-electron chi connectivity index (χ2n) is 6.37. The van der Waals surface area contributed by atoms with Gasteiger partial charge in [0.05, 0.1) is 18.1 Å². The molecule has 0 aliphatic carbocycles. The first-order valence-electron chi connectivity index (χ1n) is 8.81. The van der Waals surface area contributed by atoms with E-state index in [0.29, 0.717) is 57.2 Å². The highest BCUT2D eigenvalue weighted by Gasteiger charge is 2.32. The summed E-state index contributed by atoms with van der Waals surface area (Å²) in [5, 5.41) is 2.77. The largest absolute Gasteiger partial charge is 0.490 e. The third-order valence-corrected chi connectivity index (χ3v) is 6.50. The molecule has 0 atom stereocenters. The summed E-state index contributed by atoms with van der Waals surface area (Å²) in [6.07, 6.45) is 3.40. The molecular formula is C18H24N2O5S. The number of hydrogen-bond acceptors (Lipinski definition) is 5. The number of nitrogens with one attached hydrogen (secondary N) is 1. The summed E-state index contributed by atoms with van der Waals surface area (Å²) >= 11 is 0. The van der Waals surface area contributed by atoms with Crippen LogP contribution in [0.2, 0.25) is 0 Å². The summed E-state index contributed by atoms with van der Waals surface area (Å²) in [6.45, 7) is 5.70. The predicted octanol–water partition coefficient (Wildman–Crippen LogP) is 1.55. The Labute approximate surface area is 154 Å². The van der Waals surface area contributed by atoms with Crippen molar-refractivity contribution in [1.29, 1.82) is 0 Å². The second-order valence-corrected chi connectivity index (χ2v) is 8.31. The Morgan fingerprint density at radius 2 is 1.92 bits per heavy atom. The summed E-state index contributed by atoms with van der Waals surface area (Å²) in [5.74, 6) is 0.823. The highest BCUT2D eigenvalue weighted by atomic mass is 32.2. The van der Waals surface area contributed by atoms with Crippen LogP contribution in [0.3, 0.4) is 0 Å². The number of rotatable bonds is 5. The number of sulfonamides is 1. The molecule has 1 amide bonds. The van der Waals surface area contributed by atoms with Gasteiger partial charge in [0.25, 0.3) is 0 Å². The fourth-order valence-electron chi connectivity index (χ4n) is 3.13. The van der Waals surface area contributed by atoms with Gasteiger partial charge in [0.15, 0.2) is 11.5 Å². The van der Waals surface area contributed by atoms with Crippen LogP contribution >= 0.6 is 0 Å². The molecule has 8 heteroatoms. The summed E-state index contributed by atoms with van der Waals surface area (Å²) in [4.78, 5) is 12.2. The third kappa shape index (κ3) is 4.02. The van der Waals surface area contributed by atoms with E-state index in [9.17, 15) is 13.2 Å². The molecule has 0 saturated carbocycles. The second kappa shape index (κ2) is 8.09. The lowest BCUT2D eigenvalue weighted by atomic mass is 9.97. The number of amides is 1. The van der Waals surface area contributed by atoms with E-state index in [2.05, 4.69) is 11.9 Å². The lowest BCUT2D eigenvalue weighted by Crippen LogP contribution is -2.43. The molecule has 2 heterocycles. The highest BCUT2D eigenvalue weighted by Crippen LogP contribution is 2.33. The Bertz CT molecular complexity index is 770. The van der Waals surface area contributed by atoms with Crippen LogP contribution in [0.4, 0.5) is 0 Å². The Hall–Kier alpha value is -2.06. The maximum atomic E-state index is 12.9. The van der Waals surface area contributed by atoms with E-state index < -0.39 is 10.0 Å². The van der Waals surface area contributed by atoms with Crippen LogP contribution in [-0.2, 0) is 14.8 Å². The molecule has 1 aromatic carbocycles. The SMILES string of the molecule is C=CCNC(=O)C1CCN(S(=O)(=O)c2ccc3c(c2)OCCCO3)CC1. The van der Waals surface area contributed by atoms with Gasteiger partial charge in [-0.05, 0) is 25.0 Å². The summed E-state index contributed by atoms with van der Waals surface area (Å²) < 4.78 is 38.4. The molecule has 0 unspecified atom stereocenters. The molecule has 0 aromatic heterocycles. The first-order valence-corrected chi connectivity index (χ1v) is 10.2. The lowest BCUT2D eigenvalue weighted by molar-refractivity contribution is -0.125. The molecule has 1 N–H and O–H groups in total. The molecule has 1 fully saturated rings. The molecule has 0 radical (unpaired) electrons. The first-order chi connectivity index (χ1) is 12.5. The monoisotopic (exact) mass is 380 g/mol. The normalized spacial score (nSPS) is 18.8. The molecule has 2 aliphatic rings. The van der Waals surface area contributed by atoms with Crippen LogP contribution in [0.5, 0.6) is 11.5 Å². The number of nitrogens with zero attached hydrogens (tertiary/aromatic N) is 1. The van der Waals surface area contributed by atoms with Crippen molar-refractivity contribution >= 4 is 15.9 Å². The van der Waals surface area contributed by atoms with Crippen LogP contribution in [0.25, 0.3) is 0 Å². The number of carbonyl (C=O) groups excluding carboxylic acids is 1. The minimum atomic E-state index is -3.62. The number of piperidine rings is 1. The number of hydrogen-bond donors (Lipinski definition) is 1. The Kier molecular flexibility index (Phi) is 5.83. The zero-order valence-electron chi connectivity index (χ0n) is 14.6. The average Bonchev–Trinajstić information content (AvgIpc) is 2.91. The minimum absolute atomic E-state index is 0.0440. The minimum Gasteiger partial charge on any atom is -0.490 e. The summed E-state index contributed by atoms with van der Waals surface area (Å²) in [6, 6.07) is 4.72. The number of benzene rings is 1. The molecule has 1 aromatic rings. The van der Waals surface area contributed by atoms with E-state index >= 15 is 0 Å². The van der Waals surface area contributed by atoms with Gasteiger partial charge in [0.1, 0.15) is 0 Å². The van der Waals surface area contributed by atoms with Gasteiger partial charge < -0.3 is 14.8 Å². The van der Waals surface area contributed by atoms with Crippen LogP contribution in [0, 0.1) is 5.92 Å². The fourth-order valence-corrected chi connectivity index (χ4v) is 4.61. The van der Waals surface area contributed by atoms with Crippen molar-refractivity contribution in [2.75, 3.05) is 32.8 Å². The zero-order chi connectivity index (χ0) is 18.6. The molecule has 142 valence electrons. The number of fused-ring (bicyclic) bond motifs is 1. The van der Waals surface area contributed by atoms with Crippen molar-refractivity contribution in [1.82, 2.24) is 9.62 Å². The summed E-state index contributed by atoms with van der Waals surface area (Å²) in [5.41, 5.74) is 0. The lowest BCUT2D eigenvalue weighted by Gasteiger charge is -2.30. The van der Waals surface area contributed by atoms with Gasteiger partial charge >= 0.3 is 0 Å². The average molecular weight is 380 g/mol. The standard InChI is InChI=1S/C18H24N2O5S/c1-2-8-19-18(21)14-6-9-20(10-7-14)26(22,23)15-4-5-16-17(13-15)25-12-3-11-24-16/h2,4-5,13-14H,1,3,6-12H2,(H,19,21). The van der Waals surface area contributed by atoms with Gasteiger partial charge in [-0.2, -0.15) is 4.31 Å². The van der Waals surface area contributed by atoms with E-state index in [1.54, 1.807) is 18.2 Å². The molecule has 1 saturated heterocycles. The van der Waals surface area contributed by atoms with Crippen molar-refractivity contribution in [2.24, 2.45) is 5.92 Å². The third-order valence-electron chi connectivity index (χ3n) is 4.60. The van der Waals surface area contributed by atoms with Gasteiger partial charge in [-0.25, -0.2) is 8.42 Å². The smallest absolute Gasteiger partial charge is 0.243 e. The summed E-state index contributed by atoms with van der Waals surface area (Å²) in [7, 11) is -3.62. The number of ether oxygens (including phenoxy) is 2. The van der Waals surface area contributed by atoms with E-state index in [0.717, 1.165) is 6.42 Å². The van der Waals surface area contributed by atoms with E-state index in [1.807, 2.05) is 0 Å². The van der Waals surface area contributed by atoms with Crippen molar-refractivity contribution in [3.63, 3.8) is 0 Å². The molecule has 0 bridgehead atoms. The van der Waals surface area contributed by atoms with Gasteiger partial charge in [-0.15, -0.1) is 6.58 Å². The van der Waals surface area contributed by atoms with E-state index in [1.165, 1.54) is 10.4 Å². The van der Waals surface area contributed by atoms with E-state index in [4.69, 9.17) is 9.47 Å². The number of carbonyl (C=O) groups is 1. The van der Waals surface area contributed by atoms with Crippen LogP contribution in [0.1, 0.15) is 19.3 Å². The van der Waals surface area contributed by atoms with Crippen molar-refractivity contribution < 1.29 is 22.7 Å². The van der Waals surface area contributed by atoms with Crippen molar-refractivity contribution in [3.05, 3.63) is 30.9 Å². The van der Waals surface area contributed by atoms with Crippen molar-refractivity contribution in [2.45, 2.75) is 24.2 Å². The Balaban J connectivity index is 1.69. The predicted molar refractivity (Wildman–Crippen MR) is 96.7 cm³/mol. The maximum Gasteiger partial charge on any atom is 0.243 e. The van der Waals surface area contributed by atoms with Gasteiger partial charge in [-0.1, -0.05) is 6.08 Å². The molecule has 0 spiro atoms.